The molecule has 0 saturated heterocycles. The maximum Gasteiger partial charge on any atom is 0.137 e. The highest BCUT2D eigenvalue weighted by molar-refractivity contribution is 5.89. The number of aromatic nitrogens is 2. The van der Waals surface area contributed by atoms with Crippen LogP contribution in [0.25, 0.3) is 10.9 Å². The van der Waals surface area contributed by atoms with Crippen molar-refractivity contribution in [3.05, 3.63) is 30.1 Å². The number of hydrogen-bond donors (Lipinski definition) is 1. The zero-order chi connectivity index (χ0) is 17.5. The average molecular weight is 328 g/mol. The van der Waals surface area contributed by atoms with Gasteiger partial charge in [-0.1, -0.05) is 65.5 Å². The molecule has 1 aromatic carbocycles. The minimum Gasteiger partial charge on any atom is -0.367 e. The van der Waals surface area contributed by atoms with Crippen LogP contribution >= 0.6 is 0 Å². The number of fused-ring (bicyclic) bond motifs is 1. The Balaban J connectivity index is 2.21. The van der Waals surface area contributed by atoms with E-state index in [-0.39, 0.29) is 0 Å². The van der Waals surface area contributed by atoms with Gasteiger partial charge >= 0.3 is 0 Å². The monoisotopic (exact) mass is 327 g/mol. The molecule has 1 N–H and O–H groups in total. The van der Waals surface area contributed by atoms with Gasteiger partial charge in [0, 0.05) is 17.3 Å². The minimum absolute atomic E-state index is 0.332. The molecule has 0 saturated carbocycles. The number of anilines is 1. The van der Waals surface area contributed by atoms with E-state index in [9.17, 15) is 0 Å². The Morgan fingerprint density at radius 1 is 0.958 bits per heavy atom. The SMILES string of the molecule is CCCC(CCC)C[C@H](C)Nc1nc(C(C)C)nc2ccccc12. The van der Waals surface area contributed by atoms with E-state index >= 15 is 0 Å². The van der Waals surface area contributed by atoms with E-state index in [1.165, 1.54) is 32.1 Å². The highest BCUT2D eigenvalue weighted by Gasteiger charge is 2.15. The lowest BCUT2D eigenvalue weighted by Crippen LogP contribution is -2.21. The number of nitrogens with zero attached hydrogens (tertiary/aromatic N) is 2. The van der Waals surface area contributed by atoms with Gasteiger partial charge in [0.1, 0.15) is 11.6 Å². The van der Waals surface area contributed by atoms with E-state index in [0.29, 0.717) is 12.0 Å². The summed E-state index contributed by atoms with van der Waals surface area (Å²) in [5.74, 6) is 3.05. The number of benzene rings is 1. The van der Waals surface area contributed by atoms with Crippen molar-refractivity contribution in [2.24, 2.45) is 5.92 Å². The molecule has 0 bridgehead atoms. The smallest absolute Gasteiger partial charge is 0.137 e. The van der Waals surface area contributed by atoms with Crippen LogP contribution < -0.4 is 5.32 Å². The topological polar surface area (TPSA) is 37.8 Å². The third-order valence-electron chi connectivity index (χ3n) is 4.60. The zero-order valence-electron chi connectivity index (χ0n) is 16.0. The molecule has 0 aliphatic rings. The molecule has 3 nitrogen and oxygen atoms in total. The van der Waals surface area contributed by atoms with Gasteiger partial charge in [-0.25, -0.2) is 9.97 Å². The molecule has 0 unspecified atom stereocenters. The molecule has 1 aromatic heterocycles. The van der Waals surface area contributed by atoms with Crippen molar-refractivity contribution in [2.45, 2.75) is 78.7 Å². The highest BCUT2D eigenvalue weighted by atomic mass is 15.1. The third-order valence-corrected chi connectivity index (χ3v) is 4.60. The molecule has 3 heteroatoms. The van der Waals surface area contributed by atoms with Crippen LogP contribution in [0.4, 0.5) is 5.82 Å². The molecular formula is C21H33N3. The van der Waals surface area contributed by atoms with Gasteiger partial charge in [0.25, 0.3) is 0 Å². The van der Waals surface area contributed by atoms with Crippen molar-refractivity contribution in [3.8, 4) is 0 Å². The number of rotatable bonds is 9. The summed E-state index contributed by atoms with van der Waals surface area (Å²) in [5, 5.41) is 4.80. The number of nitrogens with one attached hydrogen (secondary N) is 1. The maximum absolute atomic E-state index is 4.82. The molecule has 0 aliphatic heterocycles. The van der Waals surface area contributed by atoms with Crippen molar-refractivity contribution < 1.29 is 0 Å². The van der Waals surface area contributed by atoms with Crippen molar-refractivity contribution >= 4 is 16.7 Å². The summed E-state index contributed by atoms with van der Waals surface area (Å²) in [5.41, 5.74) is 1.03. The first-order chi connectivity index (χ1) is 11.5. The van der Waals surface area contributed by atoms with Gasteiger partial charge in [0.2, 0.25) is 0 Å². The lowest BCUT2D eigenvalue weighted by atomic mass is 9.91. The second kappa shape index (κ2) is 9.00. The van der Waals surface area contributed by atoms with Crippen LogP contribution in [0.5, 0.6) is 0 Å². The largest absolute Gasteiger partial charge is 0.367 e. The molecule has 0 aliphatic carbocycles. The molecule has 1 heterocycles. The minimum atomic E-state index is 0.332. The van der Waals surface area contributed by atoms with Gasteiger partial charge < -0.3 is 5.32 Å². The molecular weight excluding hydrogens is 294 g/mol. The maximum atomic E-state index is 4.82. The third kappa shape index (κ3) is 4.93. The normalized spacial score (nSPS) is 13.0. The van der Waals surface area contributed by atoms with Gasteiger partial charge in [-0.05, 0) is 31.4 Å². The zero-order valence-corrected chi connectivity index (χ0v) is 16.0. The summed E-state index contributed by atoms with van der Waals surface area (Å²) in [6.45, 7) is 11.1. The second-order valence-electron chi connectivity index (χ2n) is 7.33. The van der Waals surface area contributed by atoms with Crippen molar-refractivity contribution in [2.75, 3.05) is 5.32 Å². The molecule has 0 amide bonds. The fourth-order valence-corrected chi connectivity index (χ4v) is 3.45. The van der Waals surface area contributed by atoms with Crippen LogP contribution in [0.15, 0.2) is 24.3 Å². The Kier molecular flexibility index (Phi) is 7.01. The van der Waals surface area contributed by atoms with E-state index in [2.05, 4.69) is 58.1 Å². The van der Waals surface area contributed by atoms with E-state index in [1.54, 1.807) is 0 Å². The Morgan fingerprint density at radius 3 is 2.25 bits per heavy atom. The average Bonchev–Trinajstić information content (AvgIpc) is 2.55. The lowest BCUT2D eigenvalue weighted by molar-refractivity contribution is 0.393. The second-order valence-corrected chi connectivity index (χ2v) is 7.33. The fraction of sp³-hybridized carbons (Fsp3) is 0.619. The summed E-state index contributed by atoms with van der Waals surface area (Å²) < 4.78 is 0. The number of para-hydroxylation sites is 1. The quantitative estimate of drug-likeness (QED) is 0.599. The van der Waals surface area contributed by atoms with Crippen molar-refractivity contribution in [1.29, 1.82) is 0 Å². The first kappa shape index (κ1) is 18.7. The summed E-state index contributed by atoms with van der Waals surface area (Å²) >= 11 is 0. The standard InChI is InChI=1S/C21H33N3/c1-6-10-17(11-7-2)14-16(5)22-21-18-12-8-9-13-19(18)23-20(24-21)15(3)4/h8-9,12-13,15-17H,6-7,10-11,14H2,1-5H3,(H,22,23,24)/t16-/m0/s1. The lowest BCUT2D eigenvalue weighted by Gasteiger charge is -2.22. The Hall–Kier alpha value is -1.64. The Morgan fingerprint density at radius 2 is 1.62 bits per heavy atom. The molecule has 24 heavy (non-hydrogen) atoms. The van der Waals surface area contributed by atoms with Crippen LogP contribution in [0.3, 0.4) is 0 Å². The van der Waals surface area contributed by atoms with E-state index in [4.69, 9.17) is 9.97 Å². The van der Waals surface area contributed by atoms with Crippen LogP contribution in [0, 0.1) is 5.92 Å². The van der Waals surface area contributed by atoms with Crippen molar-refractivity contribution in [3.63, 3.8) is 0 Å². The summed E-state index contributed by atoms with van der Waals surface area (Å²) in [6, 6.07) is 8.73. The fourth-order valence-electron chi connectivity index (χ4n) is 3.45. The first-order valence-corrected chi connectivity index (χ1v) is 9.58. The van der Waals surface area contributed by atoms with E-state index in [1.807, 2.05) is 6.07 Å². The molecule has 2 aromatic rings. The van der Waals surface area contributed by atoms with Gasteiger partial charge in [-0.2, -0.15) is 0 Å². The molecule has 0 fully saturated rings. The van der Waals surface area contributed by atoms with Crippen molar-refractivity contribution in [1.82, 2.24) is 9.97 Å². The van der Waals surface area contributed by atoms with Gasteiger partial charge in [-0.3, -0.25) is 0 Å². The molecule has 1 atom stereocenters. The summed E-state index contributed by atoms with van der Waals surface area (Å²) in [6.07, 6.45) is 6.39. The predicted molar refractivity (Wildman–Crippen MR) is 105 cm³/mol. The van der Waals surface area contributed by atoms with Gasteiger partial charge in [0.15, 0.2) is 0 Å². The van der Waals surface area contributed by atoms with Crippen LogP contribution in [0.1, 0.15) is 78.5 Å². The Bertz CT molecular complexity index is 630. The predicted octanol–water partition coefficient (Wildman–Crippen LogP) is 6.16. The molecule has 2 rings (SSSR count). The van der Waals surface area contributed by atoms with Crippen LogP contribution in [0.2, 0.25) is 0 Å². The Labute approximate surface area is 147 Å². The van der Waals surface area contributed by atoms with Crippen LogP contribution in [-0.4, -0.2) is 16.0 Å². The molecule has 0 radical (unpaired) electrons. The number of hydrogen-bond acceptors (Lipinski definition) is 3. The van der Waals surface area contributed by atoms with E-state index in [0.717, 1.165) is 28.5 Å². The molecule has 132 valence electrons. The summed E-state index contributed by atoms with van der Waals surface area (Å²) in [4.78, 5) is 9.53. The van der Waals surface area contributed by atoms with E-state index < -0.39 is 0 Å². The van der Waals surface area contributed by atoms with Crippen LogP contribution in [-0.2, 0) is 0 Å². The highest BCUT2D eigenvalue weighted by Crippen LogP contribution is 2.26. The first-order valence-electron chi connectivity index (χ1n) is 9.58. The van der Waals surface area contributed by atoms with Gasteiger partial charge in [-0.15, -0.1) is 0 Å². The van der Waals surface area contributed by atoms with Gasteiger partial charge in [0.05, 0.1) is 5.52 Å². The molecule has 0 spiro atoms. The summed E-state index contributed by atoms with van der Waals surface area (Å²) in [7, 11) is 0.